The molecule has 4 rings (SSSR count). The summed E-state index contributed by atoms with van der Waals surface area (Å²) >= 11 is 1.33. The van der Waals surface area contributed by atoms with Crippen LogP contribution >= 0.6 is 11.3 Å². The molecule has 2 aliphatic heterocycles. The third-order valence-electron chi connectivity index (χ3n) is 4.71. The van der Waals surface area contributed by atoms with E-state index in [-0.39, 0.29) is 17.7 Å². The lowest BCUT2D eigenvalue weighted by atomic mass is 10.1. The van der Waals surface area contributed by atoms with Crippen molar-refractivity contribution in [3.05, 3.63) is 34.8 Å². The standard InChI is InChI=1S/C18H20N4O3S/c1-11-4-6-13(7-5-11)22-10-12(9-15(22)23)17-20-21-18(26-17)19-16(24)14-3-2-8-25-14/h4-7,12,14H,2-3,8-10H2,1H3,(H,19,21,24)/t12-,14-/m0/s1. The minimum absolute atomic E-state index is 0.00492. The summed E-state index contributed by atoms with van der Waals surface area (Å²) in [7, 11) is 0. The molecular weight excluding hydrogens is 352 g/mol. The van der Waals surface area contributed by atoms with E-state index in [2.05, 4.69) is 15.5 Å². The molecule has 2 atom stereocenters. The zero-order valence-electron chi connectivity index (χ0n) is 14.5. The van der Waals surface area contributed by atoms with Gasteiger partial charge in [-0.2, -0.15) is 0 Å². The molecular formula is C18H20N4O3S. The third kappa shape index (κ3) is 3.47. The Morgan fingerprint density at radius 3 is 2.85 bits per heavy atom. The van der Waals surface area contributed by atoms with Gasteiger partial charge >= 0.3 is 0 Å². The van der Waals surface area contributed by atoms with E-state index < -0.39 is 6.10 Å². The highest BCUT2D eigenvalue weighted by Crippen LogP contribution is 2.34. The lowest BCUT2D eigenvalue weighted by Gasteiger charge is -2.16. The quantitative estimate of drug-likeness (QED) is 0.891. The van der Waals surface area contributed by atoms with Crippen LogP contribution in [-0.4, -0.2) is 41.3 Å². The second kappa shape index (κ2) is 7.13. The van der Waals surface area contributed by atoms with Gasteiger partial charge in [0, 0.05) is 31.2 Å². The molecule has 1 aromatic heterocycles. The number of ether oxygens (including phenoxy) is 1. The van der Waals surface area contributed by atoms with E-state index >= 15 is 0 Å². The molecule has 2 fully saturated rings. The first-order valence-corrected chi connectivity index (χ1v) is 9.55. The van der Waals surface area contributed by atoms with Crippen molar-refractivity contribution in [1.82, 2.24) is 10.2 Å². The van der Waals surface area contributed by atoms with Crippen LogP contribution in [-0.2, 0) is 14.3 Å². The van der Waals surface area contributed by atoms with Gasteiger partial charge in [0.05, 0.1) is 0 Å². The highest BCUT2D eigenvalue weighted by atomic mass is 32.1. The second-order valence-electron chi connectivity index (χ2n) is 6.68. The molecule has 136 valence electrons. The number of aromatic nitrogens is 2. The second-order valence-corrected chi connectivity index (χ2v) is 7.69. The lowest BCUT2D eigenvalue weighted by molar-refractivity contribution is -0.124. The molecule has 3 heterocycles. The van der Waals surface area contributed by atoms with Crippen LogP contribution in [0.5, 0.6) is 0 Å². The number of carbonyl (C=O) groups is 2. The molecule has 0 radical (unpaired) electrons. The lowest BCUT2D eigenvalue weighted by Crippen LogP contribution is -2.26. The van der Waals surface area contributed by atoms with Crippen molar-refractivity contribution in [1.29, 1.82) is 0 Å². The van der Waals surface area contributed by atoms with E-state index in [4.69, 9.17) is 4.74 Å². The molecule has 2 amide bonds. The summed E-state index contributed by atoms with van der Waals surface area (Å²) in [4.78, 5) is 26.3. The van der Waals surface area contributed by atoms with Crippen LogP contribution in [0.15, 0.2) is 24.3 Å². The summed E-state index contributed by atoms with van der Waals surface area (Å²) in [6.07, 6.45) is 1.65. The average molecular weight is 372 g/mol. The van der Waals surface area contributed by atoms with Gasteiger partial charge in [-0.1, -0.05) is 29.0 Å². The molecule has 8 heteroatoms. The van der Waals surface area contributed by atoms with Gasteiger partial charge in [-0.3, -0.25) is 14.9 Å². The summed E-state index contributed by atoms with van der Waals surface area (Å²) in [5, 5.41) is 12.3. The van der Waals surface area contributed by atoms with Crippen LogP contribution in [0.4, 0.5) is 10.8 Å². The summed E-state index contributed by atoms with van der Waals surface area (Å²) in [6, 6.07) is 7.92. The fraction of sp³-hybridized carbons (Fsp3) is 0.444. The predicted molar refractivity (Wildman–Crippen MR) is 98.4 cm³/mol. The summed E-state index contributed by atoms with van der Waals surface area (Å²) in [5.41, 5.74) is 2.06. The first kappa shape index (κ1) is 17.1. The summed E-state index contributed by atoms with van der Waals surface area (Å²) < 4.78 is 5.37. The van der Waals surface area contributed by atoms with E-state index in [1.165, 1.54) is 11.3 Å². The van der Waals surface area contributed by atoms with Crippen LogP contribution in [0.2, 0.25) is 0 Å². The number of aryl methyl sites for hydroxylation is 1. The van der Waals surface area contributed by atoms with E-state index in [1.807, 2.05) is 31.2 Å². The number of hydrogen-bond donors (Lipinski definition) is 1. The summed E-state index contributed by atoms with van der Waals surface area (Å²) in [6.45, 7) is 3.22. The molecule has 0 aliphatic carbocycles. The van der Waals surface area contributed by atoms with Crippen molar-refractivity contribution in [3.8, 4) is 0 Å². The molecule has 1 N–H and O–H groups in total. The number of benzene rings is 1. The van der Waals surface area contributed by atoms with Crippen LogP contribution < -0.4 is 10.2 Å². The fourth-order valence-electron chi connectivity index (χ4n) is 3.27. The summed E-state index contributed by atoms with van der Waals surface area (Å²) in [5.74, 6) is -0.0948. The van der Waals surface area contributed by atoms with Gasteiger partial charge < -0.3 is 9.64 Å². The van der Waals surface area contributed by atoms with Gasteiger partial charge in [-0.15, -0.1) is 10.2 Å². The topological polar surface area (TPSA) is 84.4 Å². The highest BCUT2D eigenvalue weighted by molar-refractivity contribution is 7.15. The Kier molecular flexibility index (Phi) is 4.69. The van der Waals surface area contributed by atoms with Gasteiger partial charge in [0.25, 0.3) is 5.91 Å². The number of nitrogens with one attached hydrogen (secondary N) is 1. The van der Waals surface area contributed by atoms with Gasteiger partial charge in [0.2, 0.25) is 11.0 Å². The molecule has 7 nitrogen and oxygen atoms in total. The molecule has 0 spiro atoms. The minimum atomic E-state index is -0.396. The first-order chi connectivity index (χ1) is 12.6. The average Bonchev–Trinajstić information content (AvgIpc) is 3.36. The molecule has 2 aliphatic rings. The number of carbonyl (C=O) groups excluding carboxylic acids is 2. The molecule has 26 heavy (non-hydrogen) atoms. The Hall–Kier alpha value is -2.32. The Balaban J connectivity index is 1.42. The van der Waals surface area contributed by atoms with Crippen molar-refractivity contribution >= 4 is 34.0 Å². The fourth-order valence-corrected chi connectivity index (χ4v) is 4.11. The highest BCUT2D eigenvalue weighted by Gasteiger charge is 2.34. The van der Waals surface area contributed by atoms with Gasteiger partial charge in [0.15, 0.2) is 0 Å². The molecule has 2 aromatic rings. The molecule has 0 bridgehead atoms. The molecule has 0 unspecified atom stereocenters. The van der Waals surface area contributed by atoms with Crippen LogP contribution in [0.25, 0.3) is 0 Å². The van der Waals surface area contributed by atoms with Gasteiger partial charge in [-0.05, 0) is 31.9 Å². The van der Waals surface area contributed by atoms with Gasteiger partial charge in [-0.25, -0.2) is 0 Å². The van der Waals surface area contributed by atoms with Crippen molar-refractivity contribution in [2.75, 3.05) is 23.4 Å². The Morgan fingerprint density at radius 2 is 2.12 bits per heavy atom. The molecule has 1 aromatic carbocycles. The van der Waals surface area contributed by atoms with Crippen LogP contribution in [0.1, 0.15) is 35.8 Å². The predicted octanol–water partition coefficient (Wildman–Crippen LogP) is 2.48. The largest absolute Gasteiger partial charge is 0.368 e. The monoisotopic (exact) mass is 372 g/mol. The number of nitrogens with zero attached hydrogens (tertiary/aromatic N) is 3. The van der Waals surface area contributed by atoms with Crippen molar-refractivity contribution in [3.63, 3.8) is 0 Å². The Morgan fingerprint density at radius 1 is 1.31 bits per heavy atom. The smallest absolute Gasteiger partial charge is 0.255 e. The van der Waals surface area contributed by atoms with E-state index in [1.54, 1.807) is 4.90 Å². The zero-order valence-corrected chi connectivity index (χ0v) is 15.3. The van der Waals surface area contributed by atoms with Crippen molar-refractivity contribution in [2.24, 2.45) is 0 Å². The zero-order chi connectivity index (χ0) is 18.1. The van der Waals surface area contributed by atoms with Gasteiger partial charge in [0.1, 0.15) is 11.1 Å². The van der Waals surface area contributed by atoms with Crippen molar-refractivity contribution < 1.29 is 14.3 Å². The maximum absolute atomic E-state index is 12.4. The minimum Gasteiger partial charge on any atom is -0.368 e. The third-order valence-corrected chi connectivity index (χ3v) is 5.71. The van der Waals surface area contributed by atoms with E-state index in [0.29, 0.717) is 24.7 Å². The normalized spacial score (nSPS) is 22.8. The number of amides is 2. The van der Waals surface area contributed by atoms with Crippen LogP contribution in [0.3, 0.4) is 0 Å². The van der Waals surface area contributed by atoms with Crippen molar-refractivity contribution in [2.45, 2.75) is 38.2 Å². The molecule has 0 saturated carbocycles. The molecule has 2 saturated heterocycles. The number of rotatable bonds is 4. The van der Waals surface area contributed by atoms with E-state index in [9.17, 15) is 9.59 Å². The van der Waals surface area contributed by atoms with Crippen LogP contribution in [0, 0.1) is 6.92 Å². The maximum Gasteiger partial charge on any atom is 0.255 e. The first-order valence-electron chi connectivity index (χ1n) is 8.73. The Labute approximate surface area is 155 Å². The Bertz CT molecular complexity index is 814. The van der Waals surface area contributed by atoms with E-state index in [0.717, 1.165) is 29.1 Å². The number of anilines is 2. The SMILES string of the molecule is Cc1ccc(N2C[C@@H](c3nnc(NC(=O)[C@@H]4CCCO4)s3)CC2=O)cc1. The maximum atomic E-state index is 12.4. The number of hydrogen-bond acceptors (Lipinski definition) is 6.